The summed E-state index contributed by atoms with van der Waals surface area (Å²) in [5.41, 5.74) is -2.00. The van der Waals surface area contributed by atoms with Crippen LogP contribution in [0.25, 0.3) is 0 Å². The molecule has 104 valence electrons. The largest absolute Gasteiger partial charge is 0.464 e. The van der Waals surface area contributed by atoms with Gasteiger partial charge in [-0.15, -0.1) is 0 Å². The molecule has 0 fully saturated rings. The maximum Gasteiger partial charge on any atom is 0.412 e. The first-order chi connectivity index (χ1) is 8.08. The molecule has 0 aliphatic rings. The van der Waals surface area contributed by atoms with E-state index >= 15 is 0 Å². The number of amides is 1. The lowest BCUT2D eigenvalue weighted by Crippen LogP contribution is -2.35. The highest BCUT2D eigenvalue weighted by Crippen LogP contribution is 2.14. The number of hydrogen-bond donors (Lipinski definition) is 1. The number of ether oxygens (including phenoxy) is 2. The van der Waals surface area contributed by atoms with Gasteiger partial charge in [0.15, 0.2) is 0 Å². The molecule has 0 rings (SSSR count). The fraction of sp³-hybridized carbons (Fsp3) is 0.636. The summed E-state index contributed by atoms with van der Waals surface area (Å²) >= 11 is 0. The maximum atomic E-state index is 12.5. The topological polar surface area (TPSA) is 64.6 Å². The van der Waals surface area contributed by atoms with Gasteiger partial charge in [0.25, 0.3) is 6.43 Å². The van der Waals surface area contributed by atoms with E-state index in [1.165, 1.54) is 0 Å². The third kappa shape index (κ3) is 5.60. The fourth-order valence-electron chi connectivity index (χ4n) is 0.927. The average molecular weight is 265 g/mol. The van der Waals surface area contributed by atoms with Crippen LogP contribution in [0.15, 0.2) is 11.3 Å². The highest BCUT2D eigenvalue weighted by molar-refractivity contribution is 5.93. The van der Waals surface area contributed by atoms with Gasteiger partial charge in [-0.05, 0) is 27.7 Å². The summed E-state index contributed by atoms with van der Waals surface area (Å²) in [5, 5.41) is 1.97. The summed E-state index contributed by atoms with van der Waals surface area (Å²) in [5.74, 6) is -1.06. The minimum absolute atomic E-state index is 0.590. The van der Waals surface area contributed by atoms with Crippen LogP contribution in [0.1, 0.15) is 27.7 Å². The molecule has 5 nitrogen and oxygen atoms in total. The van der Waals surface area contributed by atoms with Gasteiger partial charge in [-0.3, -0.25) is 5.32 Å². The molecule has 0 saturated heterocycles. The van der Waals surface area contributed by atoms with Crippen molar-refractivity contribution in [1.82, 2.24) is 5.32 Å². The van der Waals surface area contributed by atoms with Gasteiger partial charge in [-0.25, -0.2) is 18.4 Å². The van der Waals surface area contributed by atoms with Crippen LogP contribution in [0.5, 0.6) is 0 Å². The third-order valence-electron chi connectivity index (χ3n) is 1.74. The molecule has 18 heavy (non-hydrogen) atoms. The maximum absolute atomic E-state index is 12.5. The van der Waals surface area contributed by atoms with Crippen molar-refractivity contribution in [2.45, 2.75) is 39.7 Å². The number of hydrogen-bond acceptors (Lipinski definition) is 4. The Bertz CT molecular complexity index is 359. The molecule has 0 aliphatic heterocycles. The van der Waals surface area contributed by atoms with Crippen molar-refractivity contribution in [2.75, 3.05) is 7.11 Å². The monoisotopic (exact) mass is 265 g/mol. The zero-order valence-electron chi connectivity index (χ0n) is 11.0. The number of allylic oxidation sites excluding steroid dienone is 1. The summed E-state index contributed by atoms with van der Waals surface area (Å²) in [7, 11) is 1.03. The predicted molar refractivity (Wildman–Crippen MR) is 60.1 cm³/mol. The second-order valence-corrected chi connectivity index (χ2v) is 4.48. The van der Waals surface area contributed by atoms with Crippen molar-refractivity contribution in [1.29, 1.82) is 0 Å². The van der Waals surface area contributed by atoms with Crippen LogP contribution in [-0.2, 0) is 14.3 Å². The first kappa shape index (κ1) is 16.3. The van der Waals surface area contributed by atoms with Crippen LogP contribution in [0.3, 0.4) is 0 Å². The van der Waals surface area contributed by atoms with Crippen molar-refractivity contribution >= 4 is 12.1 Å². The van der Waals surface area contributed by atoms with Gasteiger partial charge < -0.3 is 9.47 Å². The Labute approximate surface area is 104 Å². The number of alkyl halides is 2. The number of nitrogens with one attached hydrogen (secondary N) is 1. The normalized spacial score (nSPS) is 12.9. The quantitative estimate of drug-likeness (QED) is 0.627. The zero-order chi connectivity index (χ0) is 14.5. The van der Waals surface area contributed by atoms with Crippen LogP contribution in [0.2, 0.25) is 0 Å². The van der Waals surface area contributed by atoms with Gasteiger partial charge in [-0.2, -0.15) is 0 Å². The van der Waals surface area contributed by atoms with E-state index in [4.69, 9.17) is 4.74 Å². The van der Waals surface area contributed by atoms with Gasteiger partial charge in [-0.1, -0.05) is 0 Å². The number of rotatable bonds is 3. The molecule has 0 radical (unpaired) electrons. The fourth-order valence-corrected chi connectivity index (χ4v) is 0.927. The standard InChI is InChI=1S/C11H17F2NO4/c1-6(8(12)13)7(9(15)17-5)14-10(16)18-11(2,3)4/h8H,1-5H3,(H,14,16)/b7-6+. The Morgan fingerprint density at radius 1 is 1.22 bits per heavy atom. The molecule has 0 aromatic carbocycles. The van der Waals surface area contributed by atoms with Gasteiger partial charge in [0.05, 0.1) is 7.11 Å². The van der Waals surface area contributed by atoms with E-state index in [0.29, 0.717) is 0 Å². The highest BCUT2D eigenvalue weighted by Gasteiger charge is 2.24. The summed E-state index contributed by atoms with van der Waals surface area (Å²) in [6, 6.07) is 0. The molecule has 1 N–H and O–H groups in total. The Morgan fingerprint density at radius 2 is 1.72 bits per heavy atom. The van der Waals surface area contributed by atoms with Crippen molar-refractivity contribution in [3.63, 3.8) is 0 Å². The minimum atomic E-state index is -2.88. The Hall–Kier alpha value is -1.66. The first-order valence-electron chi connectivity index (χ1n) is 5.15. The number of esters is 1. The molecule has 0 aliphatic carbocycles. The lowest BCUT2D eigenvalue weighted by atomic mass is 10.2. The van der Waals surface area contributed by atoms with Gasteiger partial charge >= 0.3 is 12.1 Å². The summed E-state index contributed by atoms with van der Waals surface area (Å²) < 4.78 is 34.2. The van der Waals surface area contributed by atoms with Gasteiger partial charge in [0, 0.05) is 5.57 Å². The highest BCUT2D eigenvalue weighted by atomic mass is 19.3. The van der Waals surface area contributed by atoms with Crippen molar-refractivity contribution < 1.29 is 27.8 Å². The van der Waals surface area contributed by atoms with E-state index in [0.717, 1.165) is 14.0 Å². The van der Waals surface area contributed by atoms with E-state index in [9.17, 15) is 18.4 Å². The molecule has 0 heterocycles. The lowest BCUT2D eigenvalue weighted by molar-refractivity contribution is -0.136. The summed E-state index contributed by atoms with van der Waals surface area (Å²) in [6.07, 6.45) is -3.88. The van der Waals surface area contributed by atoms with Crippen molar-refractivity contribution in [3.8, 4) is 0 Å². The minimum Gasteiger partial charge on any atom is -0.464 e. The second kappa shape index (κ2) is 6.32. The van der Waals surface area contributed by atoms with E-state index in [1.807, 2.05) is 5.32 Å². The predicted octanol–water partition coefficient (Wildman–Crippen LogP) is 2.22. The molecule has 0 aromatic rings. The van der Waals surface area contributed by atoms with Crippen molar-refractivity contribution in [3.05, 3.63) is 11.3 Å². The van der Waals surface area contributed by atoms with Crippen LogP contribution in [0.4, 0.5) is 13.6 Å². The second-order valence-electron chi connectivity index (χ2n) is 4.48. The molecule has 0 unspecified atom stereocenters. The van der Waals surface area contributed by atoms with Crippen LogP contribution in [0, 0.1) is 0 Å². The SMILES string of the molecule is COC(=O)/C(NC(=O)OC(C)(C)C)=C(/C)C(F)F. The number of methoxy groups -OCH3 is 1. The van der Waals surface area contributed by atoms with E-state index in [2.05, 4.69) is 4.74 Å². The lowest BCUT2D eigenvalue weighted by Gasteiger charge is -2.20. The third-order valence-corrected chi connectivity index (χ3v) is 1.74. The number of carbonyl (C=O) groups excluding carboxylic acids is 2. The molecule has 0 saturated carbocycles. The van der Waals surface area contributed by atoms with E-state index < -0.39 is 35.4 Å². The molecule has 1 amide bonds. The molecular weight excluding hydrogens is 248 g/mol. The average Bonchev–Trinajstić information content (AvgIpc) is 2.21. The van der Waals surface area contributed by atoms with E-state index in [1.54, 1.807) is 20.8 Å². The number of halogens is 2. The van der Waals surface area contributed by atoms with Gasteiger partial charge in [0.1, 0.15) is 11.3 Å². The Balaban J connectivity index is 5.00. The van der Waals surface area contributed by atoms with Crippen molar-refractivity contribution in [2.24, 2.45) is 0 Å². The number of alkyl carbamates (subject to hydrolysis) is 1. The van der Waals surface area contributed by atoms with Crippen LogP contribution in [-0.4, -0.2) is 31.2 Å². The van der Waals surface area contributed by atoms with Gasteiger partial charge in [0.2, 0.25) is 0 Å². The molecular formula is C11H17F2NO4. The summed E-state index contributed by atoms with van der Waals surface area (Å²) in [6.45, 7) is 5.84. The molecule has 0 atom stereocenters. The van der Waals surface area contributed by atoms with Crippen LogP contribution < -0.4 is 5.32 Å². The van der Waals surface area contributed by atoms with Crippen LogP contribution >= 0.6 is 0 Å². The van der Waals surface area contributed by atoms with E-state index in [-0.39, 0.29) is 0 Å². The molecule has 0 bridgehead atoms. The smallest absolute Gasteiger partial charge is 0.412 e. The first-order valence-corrected chi connectivity index (χ1v) is 5.15. The number of carbonyl (C=O) groups is 2. The Kier molecular flexibility index (Phi) is 5.74. The summed E-state index contributed by atoms with van der Waals surface area (Å²) in [4.78, 5) is 22.7. The molecule has 7 heteroatoms. The Morgan fingerprint density at radius 3 is 2.06 bits per heavy atom. The zero-order valence-corrected chi connectivity index (χ0v) is 11.0. The molecule has 0 spiro atoms. The molecule has 0 aromatic heterocycles.